The number of hydrogen-bond donors (Lipinski definition) is 2. The molecule has 8 nitrogen and oxygen atoms in total. The number of nitrogens with one attached hydrogen (secondary N) is 1. The predicted octanol–water partition coefficient (Wildman–Crippen LogP) is 2.88. The van der Waals surface area contributed by atoms with E-state index in [1.807, 2.05) is 24.5 Å². The van der Waals surface area contributed by atoms with E-state index < -0.39 is 24.5 Å². The lowest BCUT2D eigenvalue weighted by atomic mass is 9.96. The molecule has 0 aromatic carbocycles. The monoisotopic (exact) mass is 424 g/mol. The van der Waals surface area contributed by atoms with Crippen LogP contribution in [-0.4, -0.2) is 39.0 Å². The van der Waals surface area contributed by atoms with Crippen LogP contribution in [0.4, 0.5) is 4.79 Å². The molecule has 0 atom stereocenters. The zero-order valence-corrected chi connectivity index (χ0v) is 17.4. The molecular weight excluding hydrogens is 404 g/mol. The topological polar surface area (TPSA) is 115 Å². The molecular formula is C21H20N4O4S. The van der Waals surface area contributed by atoms with Crippen molar-refractivity contribution in [3.63, 3.8) is 0 Å². The second-order valence-electron chi connectivity index (χ2n) is 7.44. The first-order chi connectivity index (χ1) is 14.3. The lowest BCUT2D eigenvalue weighted by Crippen LogP contribution is -2.35. The van der Waals surface area contributed by atoms with E-state index in [2.05, 4.69) is 11.4 Å². The molecule has 2 aromatic rings. The summed E-state index contributed by atoms with van der Waals surface area (Å²) in [5.74, 6) is -1.93. The number of hydrogen-bond acceptors (Lipinski definition) is 5. The highest BCUT2D eigenvalue weighted by atomic mass is 32.1. The van der Waals surface area contributed by atoms with Crippen LogP contribution in [0.15, 0.2) is 11.8 Å². The average Bonchev–Trinajstić information content (AvgIpc) is 3.28. The van der Waals surface area contributed by atoms with Crippen molar-refractivity contribution in [1.82, 2.24) is 14.8 Å². The summed E-state index contributed by atoms with van der Waals surface area (Å²) in [6.45, 7) is 3.14. The fourth-order valence-corrected chi connectivity index (χ4v) is 5.53. The van der Waals surface area contributed by atoms with Gasteiger partial charge in [0.15, 0.2) is 0 Å². The zero-order valence-electron chi connectivity index (χ0n) is 16.6. The van der Waals surface area contributed by atoms with Gasteiger partial charge in [-0.2, -0.15) is 5.26 Å². The number of carboxylic acids is 1. The molecule has 2 N–H and O–H groups in total. The maximum Gasteiger partial charge on any atom is 0.329 e. The van der Waals surface area contributed by atoms with E-state index >= 15 is 0 Å². The smallest absolute Gasteiger partial charge is 0.329 e. The van der Waals surface area contributed by atoms with Crippen molar-refractivity contribution in [1.29, 1.82) is 5.26 Å². The van der Waals surface area contributed by atoms with Gasteiger partial charge in [0, 0.05) is 16.3 Å². The molecule has 0 bridgehead atoms. The van der Waals surface area contributed by atoms with Crippen LogP contribution < -0.4 is 5.32 Å². The first-order valence-electron chi connectivity index (χ1n) is 9.62. The number of nitrogens with zero attached hydrogens (tertiary/aromatic N) is 3. The lowest BCUT2D eigenvalue weighted by Gasteiger charge is -2.10. The van der Waals surface area contributed by atoms with Crippen LogP contribution in [0.1, 0.15) is 45.8 Å². The van der Waals surface area contributed by atoms with E-state index in [0.29, 0.717) is 10.5 Å². The minimum atomic E-state index is -1.26. The van der Waals surface area contributed by atoms with E-state index in [-0.39, 0.29) is 5.70 Å². The van der Waals surface area contributed by atoms with Gasteiger partial charge in [-0.15, -0.1) is 11.3 Å². The number of carboxylic acid groups (broad SMARTS) is 1. The minimum Gasteiger partial charge on any atom is -0.480 e. The Balaban J connectivity index is 1.74. The third-order valence-corrected chi connectivity index (χ3v) is 6.77. The van der Waals surface area contributed by atoms with Crippen molar-refractivity contribution < 1.29 is 19.5 Å². The van der Waals surface area contributed by atoms with Gasteiger partial charge in [0.2, 0.25) is 0 Å². The molecule has 1 fully saturated rings. The van der Waals surface area contributed by atoms with E-state index in [1.54, 1.807) is 17.4 Å². The molecule has 1 saturated heterocycles. The molecule has 2 aliphatic rings. The van der Waals surface area contributed by atoms with Gasteiger partial charge in [-0.25, -0.2) is 9.69 Å². The van der Waals surface area contributed by atoms with Crippen molar-refractivity contribution in [2.75, 3.05) is 6.54 Å². The molecule has 4 rings (SSSR count). The SMILES string of the molecule is Cc1cc(C=C2NC(=O)N(CC(=O)O)C2=O)c(C)n1-c1sc2c(c1C#N)CCCC2. The van der Waals surface area contributed by atoms with Gasteiger partial charge < -0.3 is 15.0 Å². The quantitative estimate of drug-likeness (QED) is 0.578. The summed E-state index contributed by atoms with van der Waals surface area (Å²) < 4.78 is 2.02. The number of nitriles is 1. The number of aryl methyl sites for hydroxylation is 2. The molecule has 3 heterocycles. The number of amides is 3. The second-order valence-corrected chi connectivity index (χ2v) is 8.52. The highest BCUT2D eigenvalue weighted by Crippen LogP contribution is 2.38. The summed E-state index contributed by atoms with van der Waals surface area (Å²) in [5, 5.41) is 22.0. The Hall–Kier alpha value is -3.38. The predicted molar refractivity (Wildman–Crippen MR) is 110 cm³/mol. The van der Waals surface area contributed by atoms with Gasteiger partial charge in [0.1, 0.15) is 23.3 Å². The zero-order chi connectivity index (χ0) is 21.6. The Morgan fingerprint density at radius 3 is 2.77 bits per heavy atom. The van der Waals surface area contributed by atoms with Crippen molar-refractivity contribution in [2.24, 2.45) is 0 Å². The molecule has 0 saturated carbocycles. The lowest BCUT2D eigenvalue weighted by molar-refractivity contribution is -0.140. The Bertz CT molecular complexity index is 1160. The van der Waals surface area contributed by atoms with Crippen LogP contribution >= 0.6 is 11.3 Å². The number of carbonyl (C=O) groups excluding carboxylic acids is 2. The first-order valence-corrected chi connectivity index (χ1v) is 10.4. The fraction of sp³-hybridized carbons (Fsp3) is 0.333. The molecule has 0 radical (unpaired) electrons. The van der Waals surface area contributed by atoms with Crippen LogP contribution in [0.5, 0.6) is 0 Å². The number of carbonyl (C=O) groups is 3. The summed E-state index contributed by atoms with van der Waals surface area (Å²) in [6.07, 6.45) is 5.69. The number of fused-ring (bicyclic) bond motifs is 1. The molecule has 0 spiro atoms. The molecule has 1 aliphatic heterocycles. The number of aromatic nitrogens is 1. The van der Waals surface area contributed by atoms with Crippen molar-refractivity contribution in [2.45, 2.75) is 39.5 Å². The van der Waals surface area contributed by atoms with Crippen LogP contribution in [0, 0.1) is 25.2 Å². The highest BCUT2D eigenvalue weighted by Gasteiger charge is 2.35. The van der Waals surface area contributed by atoms with Crippen molar-refractivity contribution >= 4 is 35.3 Å². The Labute approximate surface area is 177 Å². The third kappa shape index (κ3) is 3.19. The number of aliphatic carboxylic acids is 1. The molecule has 9 heteroatoms. The Morgan fingerprint density at radius 2 is 2.07 bits per heavy atom. The number of imide groups is 1. The number of rotatable bonds is 4. The van der Waals surface area contributed by atoms with Gasteiger partial charge in [0.25, 0.3) is 5.91 Å². The molecule has 2 aromatic heterocycles. The molecule has 154 valence electrons. The second kappa shape index (κ2) is 7.46. The maximum atomic E-state index is 12.4. The minimum absolute atomic E-state index is 0.0347. The summed E-state index contributed by atoms with van der Waals surface area (Å²) in [7, 11) is 0. The highest BCUT2D eigenvalue weighted by molar-refractivity contribution is 7.15. The van der Waals surface area contributed by atoms with E-state index in [4.69, 9.17) is 5.11 Å². The molecule has 1 aliphatic carbocycles. The van der Waals surface area contributed by atoms with Gasteiger partial charge in [0.05, 0.1) is 5.56 Å². The van der Waals surface area contributed by atoms with Gasteiger partial charge in [-0.05, 0) is 62.8 Å². The molecule has 3 amide bonds. The van der Waals surface area contributed by atoms with E-state index in [0.717, 1.165) is 53.2 Å². The Morgan fingerprint density at radius 1 is 1.33 bits per heavy atom. The van der Waals surface area contributed by atoms with E-state index in [9.17, 15) is 19.6 Å². The van der Waals surface area contributed by atoms with Crippen molar-refractivity contribution in [3.05, 3.63) is 44.7 Å². The van der Waals surface area contributed by atoms with Crippen molar-refractivity contribution in [3.8, 4) is 11.1 Å². The Kier molecular flexibility index (Phi) is 4.95. The van der Waals surface area contributed by atoms with Gasteiger partial charge in [-0.3, -0.25) is 9.59 Å². The van der Waals surface area contributed by atoms with Crippen LogP contribution in [0.3, 0.4) is 0 Å². The fourth-order valence-electron chi connectivity index (χ4n) is 4.08. The normalized spacial score (nSPS) is 17.2. The summed E-state index contributed by atoms with van der Waals surface area (Å²) in [5.41, 5.74) is 4.38. The summed E-state index contributed by atoms with van der Waals surface area (Å²) in [6, 6.07) is 3.52. The molecule has 30 heavy (non-hydrogen) atoms. The van der Waals surface area contributed by atoms with Gasteiger partial charge in [-0.1, -0.05) is 0 Å². The van der Waals surface area contributed by atoms with Gasteiger partial charge >= 0.3 is 12.0 Å². The van der Waals surface area contributed by atoms with Crippen LogP contribution in [-0.2, 0) is 22.4 Å². The third-order valence-electron chi connectivity index (χ3n) is 5.49. The molecule has 0 unspecified atom stereocenters. The van der Waals surface area contributed by atoms with Crippen LogP contribution in [0.25, 0.3) is 11.1 Å². The average molecular weight is 424 g/mol. The largest absolute Gasteiger partial charge is 0.480 e. The first kappa shape index (κ1) is 19.9. The van der Waals surface area contributed by atoms with E-state index in [1.165, 1.54) is 4.88 Å². The maximum absolute atomic E-state index is 12.4. The summed E-state index contributed by atoms with van der Waals surface area (Å²) in [4.78, 5) is 37.2. The number of thiophene rings is 1. The number of urea groups is 1. The van der Waals surface area contributed by atoms with Crippen LogP contribution in [0.2, 0.25) is 0 Å². The summed E-state index contributed by atoms with van der Waals surface area (Å²) >= 11 is 1.64. The standard InChI is InChI=1S/C21H20N4O4S/c1-11-7-13(8-16-19(28)24(10-18(26)27)21(29)23-16)12(2)25(11)20-15(9-22)14-5-3-4-6-17(14)30-20/h7-8H,3-6,10H2,1-2H3,(H,23,29)(H,26,27).